The maximum absolute atomic E-state index is 14.6. The highest BCUT2D eigenvalue weighted by Crippen LogP contribution is 2.39. The molecule has 0 saturated heterocycles. The van der Waals surface area contributed by atoms with Crippen molar-refractivity contribution in [1.82, 2.24) is 14.6 Å². The van der Waals surface area contributed by atoms with Crippen LogP contribution in [-0.4, -0.2) is 28.3 Å². The molecular weight excluding hydrogens is 490 g/mol. The Morgan fingerprint density at radius 2 is 2.00 bits per heavy atom. The van der Waals surface area contributed by atoms with E-state index in [4.69, 9.17) is 31.2 Å². The van der Waals surface area contributed by atoms with E-state index in [1.165, 1.54) is 6.07 Å². The van der Waals surface area contributed by atoms with Crippen molar-refractivity contribution in [2.45, 2.75) is 40.0 Å². The molecule has 9 heteroatoms. The third-order valence-electron chi connectivity index (χ3n) is 6.14. The first-order chi connectivity index (χ1) is 16.5. The van der Waals surface area contributed by atoms with Gasteiger partial charge in [0.1, 0.15) is 17.4 Å². The van der Waals surface area contributed by atoms with E-state index in [0.29, 0.717) is 41.7 Å². The van der Waals surface area contributed by atoms with E-state index in [0.717, 1.165) is 46.9 Å². The monoisotopic (exact) mass is 516 g/mol. The molecule has 1 aliphatic rings. The van der Waals surface area contributed by atoms with Crippen LogP contribution < -0.4 is 9.64 Å². The van der Waals surface area contributed by atoms with E-state index >= 15 is 0 Å². The van der Waals surface area contributed by atoms with E-state index in [1.54, 1.807) is 19.2 Å². The van der Waals surface area contributed by atoms with Gasteiger partial charge in [-0.1, -0.05) is 36.7 Å². The van der Waals surface area contributed by atoms with Crippen molar-refractivity contribution < 1.29 is 13.9 Å². The fourth-order valence-corrected chi connectivity index (χ4v) is 4.83. The number of aromatic nitrogens is 3. The zero-order valence-electron chi connectivity index (χ0n) is 19.8. The van der Waals surface area contributed by atoms with Gasteiger partial charge in [0.25, 0.3) is 0 Å². The maximum atomic E-state index is 14.6. The zero-order chi connectivity index (χ0) is 23.8. The molecule has 1 aliphatic heterocycles. The van der Waals surface area contributed by atoms with Crippen molar-refractivity contribution in [1.29, 1.82) is 0 Å². The number of ether oxygens (including phenoxy) is 2. The van der Waals surface area contributed by atoms with E-state index in [9.17, 15) is 4.39 Å². The van der Waals surface area contributed by atoms with Crippen molar-refractivity contribution in [3.05, 3.63) is 75.8 Å². The lowest BCUT2D eigenvalue weighted by molar-refractivity contribution is 0.133. The summed E-state index contributed by atoms with van der Waals surface area (Å²) in [4.78, 5) is 7.12. The smallest absolute Gasteiger partial charge is 0.165 e. The SMILES string of the molecule is CCCN(Cc1ccccc1F)c1c2c(nc3c(-c4ccc(OC)cc4Cl)c(C)nn13)COC2.Cl. The van der Waals surface area contributed by atoms with Gasteiger partial charge in [0, 0.05) is 29.8 Å². The largest absolute Gasteiger partial charge is 0.497 e. The predicted octanol–water partition coefficient (Wildman–Crippen LogP) is 6.37. The number of methoxy groups -OCH3 is 1. The number of halogens is 3. The lowest BCUT2D eigenvalue weighted by Gasteiger charge is -2.27. The van der Waals surface area contributed by atoms with Crippen LogP contribution in [0.25, 0.3) is 16.8 Å². The minimum Gasteiger partial charge on any atom is -0.497 e. The summed E-state index contributed by atoms with van der Waals surface area (Å²) >= 11 is 6.64. The molecule has 0 aliphatic carbocycles. The van der Waals surface area contributed by atoms with Crippen LogP contribution in [0.5, 0.6) is 5.75 Å². The summed E-state index contributed by atoms with van der Waals surface area (Å²) < 4.78 is 27.5. The first-order valence-corrected chi connectivity index (χ1v) is 11.7. The molecule has 0 unspecified atom stereocenters. The Balaban J connectivity index is 0.00000289. The van der Waals surface area contributed by atoms with Gasteiger partial charge in [0.05, 0.1) is 42.3 Å². The van der Waals surface area contributed by atoms with Gasteiger partial charge in [0.2, 0.25) is 0 Å². The number of fused-ring (bicyclic) bond motifs is 2. The number of anilines is 1. The third kappa shape index (κ3) is 4.56. The number of aryl methyl sites for hydroxylation is 1. The molecule has 0 bridgehead atoms. The van der Waals surface area contributed by atoms with Gasteiger partial charge in [0.15, 0.2) is 5.65 Å². The highest BCUT2D eigenvalue weighted by Gasteiger charge is 2.28. The summed E-state index contributed by atoms with van der Waals surface area (Å²) in [5.74, 6) is 1.36. The molecule has 35 heavy (non-hydrogen) atoms. The maximum Gasteiger partial charge on any atom is 0.165 e. The molecule has 0 N–H and O–H groups in total. The second kappa shape index (κ2) is 10.4. The minimum absolute atomic E-state index is 0. The Hall–Kier alpha value is -2.87. The fraction of sp³-hybridized carbons (Fsp3) is 0.308. The van der Waals surface area contributed by atoms with Gasteiger partial charge in [-0.25, -0.2) is 9.37 Å². The Kier molecular flexibility index (Phi) is 7.50. The quantitative estimate of drug-likeness (QED) is 0.285. The van der Waals surface area contributed by atoms with Crippen molar-refractivity contribution in [3.8, 4) is 16.9 Å². The highest BCUT2D eigenvalue weighted by molar-refractivity contribution is 6.33. The summed E-state index contributed by atoms with van der Waals surface area (Å²) in [6.45, 7) is 6.10. The molecule has 0 fully saturated rings. The van der Waals surface area contributed by atoms with Crippen molar-refractivity contribution in [2.75, 3.05) is 18.6 Å². The lowest BCUT2D eigenvalue weighted by Crippen LogP contribution is -2.28. The first kappa shape index (κ1) is 25.2. The normalized spacial score (nSPS) is 12.5. The van der Waals surface area contributed by atoms with Crippen LogP contribution in [0.2, 0.25) is 5.02 Å². The molecule has 6 nitrogen and oxygen atoms in total. The number of nitrogens with zero attached hydrogens (tertiary/aromatic N) is 4. The summed E-state index contributed by atoms with van der Waals surface area (Å²) in [6.07, 6.45) is 0.894. The Bertz CT molecular complexity index is 1380. The molecule has 184 valence electrons. The molecule has 0 spiro atoms. The minimum atomic E-state index is -0.218. The molecule has 0 saturated carbocycles. The Morgan fingerprint density at radius 3 is 2.71 bits per heavy atom. The average molecular weight is 517 g/mol. The van der Waals surface area contributed by atoms with Gasteiger partial charge in [-0.05, 0) is 37.6 Å². The molecule has 0 radical (unpaired) electrons. The van der Waals surface area contributed by atoms with Crippen LogP contribution in [0.4, 0.5) is 10.2 Å². The van der Waals surface area contributed by atoms with Gasteiger partial charge < -0.3 is 14.4 Å². The molecule has 2 aromatic heterocycles. The number of hydrogen-bond donors (Lipinski definition) is 0. The van der Waals surface area contributed by atoms with Crippen molar-refractivity contribution >= 4 is 35.5 Å². The van der Waals surface area contributed by atoms with Crippen LogP contribution in [0, 0.1) is 12.7 Å². The van der Waals surface area contributed by atoms with Crippen molar-refractivity contribution in [3.63, 3.8) is 0 Å². The lowest BCUT2D eigenvalue weighted by atomic mass is 10.1. The zero-order valence-corrected chi connectivity index (χ0v) is 21.4. The summed E-state index contributed by atoms with van der Waals surface area (Å²) in [6, 6.07) is 12.5. The summed E-state index contributed by atoms with van der Waals surface area (Å²) in [5, 5.41) is 5.46. The molecule has 5 rings (SSSR count). The third-order valence-corrected chi connectivity index (χ3v) is 6.45. The van der Waals surface area contributed by atoms with Gasteiger partial charge in [-0.2, -0.15) is 9.61 Å². The number of rotatable bonds is 7. The van der Waals surface area contributed by atoms with Crippen molar-refractivity contribution in [2.24, 2.45) is 0 Å². The Labute approximate surface area is 215 Å². The standard InChI is InChI=1S/C26H26ClFN4O2.ClH/c1-4-11-31(13-17-7-5-6-8-22(17)28)26-20-14-34-15-23(20)29-25-24(16(2)30-32(25)26)19-10-9-18(33-3)12-21(19)27;/h5-10,12H,4,11,13-15H2,1-3H3;1H. The molecule has 3 heterocycles. The Morgan fingerprint density at radius 1 is 1.20 bits per heavy atom. The topological polar surface area (TPSA) is 51.9 Å². The average Bonchev–Trinajstić information content (AvgIpc) is 3.42. The fourth-order valence-electron chi connectivity index (χ4n) is 4.56. The molecule has 0 amide bonds. The van der Waals surface area contributed by atoms with E-state index in [2.05, 4.69) is 11.8 Å². The summed E-state index contributed by atoms with van der Waals surface area (Å²) in [7, 11) is 1.61. The second-order valence-corrected chi connectivity index (χ2v) is 8.82. The van der Waals surface area contributed by atoms with Crippen LogP contribution in [0.15, 0.2) is 42.5 Å². The predicted molar refractivity (Wildman–Crippen MR) is 138 cm³/mol. The van der Waals surface area contributed by atoms with E-state index in [-0.39, 0.29) is 18.2 Å². The molecule has 4 aromatic rings. The second-order valence-electron chi connectivity index (χ2n) is 8.41. The van der Waals surface area contributed by atoms with Crippen LogP contribution >= 0.6 is 24.0 Å². The van der Waals surface area contributed by atoms with Crippen LogP contribution in [0.1, 0.15) is 35.9 Å². The van der Waals surface area contributed by atoms with Gasteiger partial charge in [-0.15, -0.1) is 12.4 Å². The first-order valence-electron chi connectivity index (χ1n) is 11.3. The van der Waals surface area contributed by atoms with Gasteiger partial charge >= 0.3 is 0 Å². The van der Waals surface area contributed by atoms with E-state index in [1.807, 2.05) is 35.7 Å². The highest BCUT2D eigenvalue weighted by atomic mass is 35.5. The summed E-state index contributed by atoms with van der Waals surface area (Å²) in [5.41, 5.74) is 5.73. The van der Waals surface area contributed by atoms with E-state index < -0.39 is 0 Å². The molecule has 0 atom stereocenters. The number of hydrogen-bond acceptors (Lipinski definition) is 5. The van der Waals surface area contributed by atoms with Crippen LogP contribution in [0.3, 0.4) is 0 Å². The molecule has 2 aromatic carbocycles. The molecular formula is C26H27Cl2FN4O2. The van der Waals surface area contributed by atoms with Crippen LogP contribution in [-0.2, 0) is 24.5 Å². The van der Waals surface area contributed by atoms with Gasteiger partial charge in [-0.3, -0.25) is 0 Å². The number of benzene rings is 2.